The van der Waals surface area contributed by atoms with Gasteiger partial charge in [-0.2, -0.15) is 0 Å². The summed E-state index contributed by atoms with van der Waals surface area (Å²) in [7, 11) is 2.94. The third-order valence-corrected chi connectivity index (χ3v) is 5.41. The van der Waals surface area contributed by atoms with E-state index in [1.165, 1.54) is 24.7 Å². The van der Waals surface area contributed by atoms with Crippen LogP contribution >= 0.6 is 23.2 Å². The first kappa shape index (κ1) is 20.9. The highest BCUT2D eigenvalue weighted by Crippen LogP contribution is 2.40. The van der Waals surface area contributed by atoms with Crippen LogP contribution in [-0.2, 0) is 25.3 Å². The van der Waals surface area contributed by atoms with Crippen LogP contribution in [0.25, 0.3) is 22.3 Å². The predicted octanol–water partition coefficient (Wildman–Crippen LogP) is 2.63. The fourth-order valence-electron chi connectivity index (χ4n) is 3.01. The molecule has 1 aromatic carbocycles. The third-order valence-electron chi connectivity index (χ3n) is 4.54. The molecule has 0 aliphatic carbocycles. The molecule has 0 radical (unpaired) electrons. The van der Waals surface area contributed by atoms with Gasteiger partial charge in [0.15, 0.2) is 6.61 Å². The van der Waals surface area contributed by atoms with Gasteiger partial charge in [-0.1, -0.05) is 30.1 Å². The summed E-state index contributed by atoms with van der Waals surface area (Å²) in [5.41, 5.74) is 0.991. The van der Waals surface area contributed by atoms with E-state index >= 15 is 0 Å². The monoisotopic (exact) mass is 437 g/mol. The number of aromatic nitrogens is 3. The lowest BCUT2D eigenvalue weighted by molar-refractivity contribution is -0.139. The Kier molecular flexibility index (Phi) is 5.68. The molecule has 3 rings (SSSR count). The van der Waals surface area contributed by atoms with Crippen molar-refractivity contribution in [3.63, 3.8) is 0 Å². The molecular weight excluding hydrogens is 421 g/mol. The summed E-state index contributed by atoms with van der Waals surface area (Å²) in [6.45, 7) is 1.34. The Balaban J connectivity index is 2.27. The van der Waals surface area contributed by atoms with E-state index < -0.39 is 23.8 Å². The Hall–Kier alpha value is -2.84. The van der Waals surface area contributed by atoms with Crippen molar-refractivity contribution in [2.24, 2.45) is 14.1 Å². The topological polar surface area (TPSA) is 103 Å². The Bertz CT molecular complexity index is 1260. The highest BCUT2D eigenvalue weighted by Gasteiger charge is 2.19. The highest BCUT2D eigenvalue weighted by molar-refractivity contribution is 6.44. The molecule has 29 heavy (non-hydrogen) atoms. The molecule has 0 aliphatic heterocycles. The minimum Gasteiger partial charge on any atom is -0.480 e. The van der Waals surface area contributed by atoms with E-state index in [4.69, 9.17) is 33.0 Å². The maximum absolute atomic E-state index is 12.5. The molecule has 0 atom stereocenters. The number of carboxylic acid groups (broad SMARTS) is 1. The average Bonchev–Trinajstić information content (AvgIpc) is 2.70. The molecule has 0 saturated carbocycles. The Labute approximate surface area is 174 Å². The van der Waals surface area contributed by atoms with Crippen LogP contribution in [0.2, 0.25) is 10.0 Å². The van der Waals surface area contributed by atoms with Crippen molar-refractivity contribution in [3.05, 3.63) is 54.6 Å². The number of nitrogens with zero attached hydrogens (tertiary/aromatic N) is 3. The maximum atomic E-state index is 12.5. The number of hydrogen-bond donors (Lipinski definition) is 1. The van der Waals surface area contributed by atoms with Gasteiger partial charge in [-0.3, -0.25) is 13.9 Å². The zero-order valence-corrected chi connectivity index (χ0v) is 17.3. The molecule has 0 bridgehead atoms. The van der Waals surface area contributed by atoms with E-state index in [1.54, 1.807) is 12.1 Å². The fourth-order valence-corrected chi connectivity index (χ4v) is 3.47. The van der Waals surface area contributed by atoms with Crippen LogP contribution < -0.4 is 16.0 Å². The normalized spacial score (nSPS) is 11.1. The number of fused-ring (bicyclic) bond motifs is 1. The van der Waals surface area contributed by atoms with Crippen molar-refractivity contribution in [1.82, 2.24) is 14.1 Å². The lowest BCUT2D eigenvalue weighted by atomic mass is 10.0. The van der Waals surface area contributed by atoms with Crippen molar-refractivity contribution < 1.29 is 14.6 Å². The van der Waals surface area contributed by atoms with E-state index in [0.717, 1.165) is 10.1 Å². The summed E-state index contributed by atoms with van der Waals surface area (Å²) in [5, 5.41) is 9.26. The van der Waals surface area contributed by atoms with Gasteiger partial charge in [0.2, 0.25) is 0 Å². The summed E-state index contributed by atoms with van der Waals surface area (Å²) >= 11 is 12.7. The van der Waals surface area contributed by atoms with Gasteiger partial charge in [0.05, 0.1) is 16.1 Å². The van der Waals surface area contributed by atoms with Gasteiger partial charge in [0.1, 0.15) is 16.4 Å². The number of aryl methyl sites for hydroxylation is 2. The molecule has 0 spiro atoms. The number of aliphatic carboxylic acids is 1. The first-order chi connectivity index (χ1) is 13.7. The van der Waals surface area contributed by atoms with Gasteiger partial charge in [-0.15, -0.1) is 0 Å². The minimum atomic E-state index is -1.15. The third kappa shape index (κ3) is 3.61. The highest BCUT2D eigenvalue weighted by atomic mass is 35.5. The second kappa shape index (κ2) is 7.88. The Morgan fingerprint density at radius 2 is 1.86 bits per heavy atom. The number of hydrogen-bond acceptors (Lipinski definition) is 5. The van der Waals surface area contributed by atoms with Gasteiger partial charge in [0, 0.05) is 19.7 Å². The standard InChI is InChI=1S/C19H17Cl2N3O5/c1-4-9-7-11-17(23(2)19(28)24(3)18(11)27)22-16(9)10-5-6-12(15(21)14(10)20)29-8-13(25)26/h5-7H,4,8H2,1-3H3,(H,25,26). The second-order valence-corrected chi connectivity index (χ2v) is 7.10. The molecule has 0 unspecified atom stereocenters. The quantitative estimate of drug-likeness (QED) is 0.657. The van der Waals surface area contributed by atoms with Crippen LogP contribution in [0, 0.1) is 0 Å². The van der Waals surface area contributed by atoms with Crippen LogP contribution in [0.3, 0.4) is 0 Å². The molecule has 2 aromatic heterocycles. The van der Waals surface area contributed by atoms with Gasteiger partial charge in [-0.25, -0.2) is 14.6 Å². The molecular formula is C19H17Cl2N3O5. The van der Waals surface area contributed by atoms with Crippen molar-refractivity contribution in [2.75, 3.05) is 6.61 Å². The minimum absolute atomic E-state index is 0.0484. The molecule has 0 fully saturated rings. The van der Waals surface area contributed by atoms with E-state index in [1.807, 2.05) is 6.92 Å². The number of halogens is 2. The van der Waals surface area contributed by atoms with Gasteiger partial charge in [0.25, 0.3) is 5.56 Å². The predicted molar refractivity (Wildman–Crippen MR) is 110 cm³/mol. The summed E-state index contributed by atoms with van der Waals surface area (Å²) < 4.78 is 7.46. The number of benzene rings is 1. The van der Waals surface area contributed by atoms with Gasteiger partial charge in [-0.05, 0) is 30.2 Å². The zero-order chi connectivity index (χ0) is 21.5. The van der Waals surface area contributed by atoms with Crippen molar-refractivity contribution >= 4 is 40.2 Å². The van der Waals surface area contributed by atoms with Crippen LogP contribution in [-0.4, -0.2) is 31.8 Å². The molecule has 3 aromatic rings. The van der Waals surface area contributed by atoms with Crippen LogP contribution in [0.4, 0.5) is 0 Å². The molecule has 8 nitrogen and oxygen atoms in total. The van der Waals surface area contributed by atoms with Crippen LogP contribution in [0.5, 0.6) is 5.75 Å². The Morgan fingerprint density at radius 3 is 2.48 bits per heavy atom. The van der Waals surface area contributed by atoms with Crippen molar-refractivity contribution in [1.29, 1.82) is 0 Å². The number of ether oxygens (including phenoxy) is 1. The van der Waals surface area contributed by atoms with E-state index in [2.05, 4.69) is 4.98 Å². The van der Waals surface area contributed by atoms with Crippen LogP contribution in [0.15, 0.2) is 27.8 Å². The van der Waals surface area contributed by atoms with Crippen molar-refractivity contribution in [3.8, 4) is 17.0 Å². The lowest BCUT2D eigenvalue weighted by Crippen LogP contribution is -2.37. The number of pyridine rings is 1. The molecule has 0 amide bonds. The van der Waals surface area contributed by atoms with Gasteiger partial charge >= 0.3 is 11.7 Å². The smallest absolute Gasteiger partial charge is 0.341 e. The maximum Gasteiger partial charge on any atom is 0.341 e. The summed E-state index contributed by atoms with van der Waals surface area (Å²) in [6, 6.07) is 4.80. The summed E-state index contributed by atoms with van der Waals surface area (Å²) in [5.74, 6) is -1.02. The first-order valence-corrected chi connectivity index (χ1v) is 9.35. The molecule has 1 N–H and O–H groups in total. The summed E-state index contributed by atoms with van der Waals surface area (Å²) in [6.07, 6.45) is 0.551. The largest absolute Gasteiger partial charge is 0.480 e. The first-order valence-electron chi connectivity index (χ1n) is 8.60. The van der Waals surface area contributed by atoms with Crippen LogP contribution in [0.1, 0.15) is 12.5 Å². The lowest BCUT2D eigenvalue weighted by Gasteiger charge is -2.15. The SMILES string of the molecule is CCc1cc2c(=O)n(C)c(=O)n(C)c2nc1-c1ccc(OCC(=O)O)c(Cl)c1Cl. The second-order valence-electron chi connectivity index (χ2n) is 6.35. The number of carboxylic acids is 1. The fraction of sp³-hybridized carbons (Fsp3) is 0.263. The molecule has 152 valence electrons. The van der Waals surface area contributed by atoms with E-state index in [0.29, 0.717) is 23.1 Å². The number of carbonyl (C=O) groups is 1. The van der Waals surface area contributed by atoms with E-state index in [9.17, 15) is 14.4 Å². The number of rotatable bonds is 5. The zero-order valence-electron chi connectivity index (χ0n) is 15.8. The molecule has 0 saturated heterocycles. The summed E-state index contributed by atoms with van der Waals surface area (Å²) in [4.78, 5) is 40.0. The average molecular weight is 438 g/mol. The van der Waals surface area contributed by atoms with Crippen molar-refractivity contribution in [2.45, 2.75) is 13.3 Å². The Morgan fingerprint density at radius 1 is 1.17 bits per heavy atom. The molecule has 2 heterocycles. The van der Waals surface area contributed by atoms with Gasteiger partial charge < -0.3 is 9.84 Å². The molecule has 0 aliphatic rings. The molecule has 10 heteroatoms. The van der Waals surface area contributed by atoms with E-state index in [-0.39, 0.29) is 21.4 Å².